The summed E-state index contributed by atoms with van der Waals surface area (Å²) in [6.45, 7) is 6.02. The number of carbonyl (C=O) groups excluding carboxylic acids is 2. The summed E-state index contributed by atoms with van der Waals surface area (Å²) < 4.78 is 5.80. The minimum atomic E-state index is -0.282. The van der Waals surface area contributed by atoms with Gasteiger partial charge in [0.2, 0.25) is 5.91 Å². The van der Waals surface area contributed by atoms with Crippen molar-refractivity contribution in [1.82, 2.24) is 4.90 Å². The molecule has 0 radical (unpaired) electrons. The third-order valence-corrected chi connectivity index (χ3v) is 4.61. The first-order valence-corrected chi connectivity index (χ1v) is 8.54. The Bertz CT molecular complexity index is 843. The number of amides is 2. The average Bonchev–Trinajstić information content (AvgIpc) is 2.67. The Morgan fingerprint density at radius 2 is 1.96 bits per heavy atom. The molecule has 1 N–H and O–H groups in total. The third kappa shape index (κ3) is 3.47. The number of para-hydroxylation sites is 1. The number of benzene rings is 2. The van der Waals surface area contributed by atoms with Crippen LogP contribution in [0.2, 0.25) is 0 Å². The summed E-state index contributed by atoms with van der Waals surface area (Å²) in [5.41, 5.74) is 3.32. The van der Waals surface area contributed by atoms with Crippen molar-refractivity contribution in [2.24, 2.45) is 0 Å². The van der Waals surface area contributed by atoms with Crippen molar-refractivity contribution in [3.8, 4) is 5.75 Å². The van der Waals surface area contributed by atoms with Crippen LogP contribution < -0.4 is 10.1 Å². The lowest BCUT2D eigenvalue weighted by Gasteiger charge is -2.34. The van der Waals surface area contributed by atoms with E-state index in [0.717, 1.165) is 23.3 Å². The van der Waals surface area contributed by atoms with Gasteiger partial charge < -0.3 is 15.0 Å². The van der Waals surface area contributed by atoms with Crippen molar-refractivity contribution < 1.29 is 14.3 Å². The van der Waals surface area contributed by atoms with Crippen molar-refractivity contribution in [3.05, 3.63) is 71.8 Å². The zero-order valence-electron chi connectivity index (χ0n) is 15.0. The van der Waals surface area contributed by atoms with Crippen LogP contribution >= 0.6 is 0 Å². The molecule has 5 nitrogen and oxygen atoms in total. The van der Waals surface area contributed by atoms with Crippen LogP contribution in [0.1, 0.15) is 33.9 Å². The maximum Gasteiger partial charge on any atom is 0.254 e. The van der Waals surface area contributed by atoms with E-state index >= 15 is 0 Å². The molecule has 1 atom stereocenters. The maximum absolute atomic E-state index is 12.9. The Kier molecular flexibility index (Phi) is 5.07. The zero-order valence-corrected chi connectivity index (χ0v) is 15.0. The van der Waals surface area contributed by atoms with Gasteiger partial charge in [-0.25, -0.2) is 0 Å². The molecule has 0 saturated heterocycles. The molecular formula is C21H22N2O3. The van der Waals surface area contributed by atoms with E-state index in [1.54, 1.807) is 29.2 Å². The summed E-state index contributed by atoms with van der Waals surface area (Å²) in [6.07, 6.45) is 1.96. The van der Waals surface area contributed by atoms with E-state index in [2.05, 4.69) is 11.9 Å². The number of hydrogen-bond acceptors (Lipinski definition) is 3. The quantitative estimate of drug-likeness (QED) is 0.855. The van der Waals surface area contributed by atoms with Crippen LogP contribution in [0.5, 0.6) is 5.75 Å². The van der Waals surface area contributed by atoms with Crippen molar-refractivity contribution in [3.63, 3.8) is 0 Å². The van der Waals surface area contributed by atoms with Gasteiger partial charge in [0.05, 0.1) is 12.6 Å². The minimum absolute atomic E-state index is 0.0219. The van der Waals surface area contributed by atoms with E-state index in [-0.39, 0.29) is 17.9 Å². The highest BCUT2D eigenvalue weighted by molar-refractivity contribution is 5.99. The highest BCUT2D eigenvalue weighted by Gasteiger charge is 2.29. The standard InChI is InChI=1S/C21H22N2O3/c1-4-19(24)22-16-10-8-15(9-11-16)21(25)23(3)18-12-13-26-20-14(2)6-5-7-17(18)20/h4-11,18H,1,12-13H2,2-3H3,(H,22,24). The highest BCUT2D eigenvalue weighted by Crippen LogP contribution is 2.37. The molecule has 0 spiro atoms. The zero-order chi connectivity index (χ0) is 18.7. The summed E-state index contributed by atoms with van der Waals surface area (Å²) in [5, 5.41) is 2.67. The molecule has 1 unspecified atom stereocenters. The number of fused-ring (bicyclic) bond motifs is 1. The summed E-state index contributed by atoms with van der Waals surface area (Å²) in [6, 6.07) is 12.9. The van der Waals surface area contributed by atoms with Gasteiger partial charge in [-0.1, -0.05) is 24.8 Å². The van der Waals surface area contributed by atoms with Crippen LogP contribution in [-0.2, 0) is 4.79 Å². The molecule has 0 bridgehead atoms. The number of nitrogens with one attached hydrogen (secondary N) is 1. The van der Waals surface area contributed by atoms with Gasteiger partial charge >= 0.3 is 0 Å². The van der Waals surface area contributed by atoms with Crippen molar-refractivity contribution in [1.29, 1.82) is 0 Å². The molecule has 134 valence electrons. The molecule has 5 heteroatoms. The summed E-state index contributed by atoms with van der Waals surface area (Å²) in [5.74, 6) is 0.534. The van der Waals surface area contributed by atoms with E-state index in [4.69, 9.17) is 4.74 Å². The van der Waals surface area contributed by atoms with Crippen molar-refractivity contribution in [2.45, 2.75) is 19.4 Å². The molecule has 0 fully saturated rings. The van der Waals surface area contributed by atoms with E-state index in [1.165, 1.54) is 6.08 Å². The van der Waals surface area contributed by atoms with Gasteiger partial charge in [-0.2, -0.15) is 0 Å². The summed E-state index contributed by atoms with van der Waals surface area (Å²) >= 11 is 0. The van der Waals surface area contributed by atoms with Gasteiger partial charge in [0.15, 0.2) is 0 Å². The fourth-order valence-electron chi connectivity index (χ4n) is 3.20. The van der Waals surface area contributed by atoms with Crippen molar-refractivity contribution >= 4 is 17.5 Å². The SMILES string of the molecule is C=CC(=O)Nc1ccc(C(=O)N(C)C2CCOc3c(C)cccc32)cc1. The summed E-state index contributed by atoms with van der Waals surface area (Å²) in [7, 11) is 1.82. The normalized spacial score (nSPS) is 15.4. The van der Waals surface area contributed by atoms with Gasteiger partial charge in [-0.05, 0) is 42.8 Å². The first-order valence-electron chi connectivity index (χ1n) is 8.54. The fourth-order valence-corrected chi connectivity index (χ4v) is 3.20. The van der Waals surface area contributed by atoms with Crippen LogP contribution in [0.25, 0.3) is 0 Å². The maximum atomic E-state index is 12.9. The topological polar surface area (TPSA) is 58.6 Å². The Morgan fingerprint density at radius 3 is 2.65 bits per heavy atom. The van der Waals surface area contributed by atoms with Crippen molar-refractivity contribution in [2.75, 3.05) is 19.0 Å². The Balaban J connectivity index is 1.80. The predicted octanol–water partition coefficient (Wildman–Crippen LogP) is 3.72. The molecular weight excluding hydrogens is 328 g/mol. The number of ether oxygens (including phenoxy) is 1. The molecule has 26 heavy (non-hydrogen) atoms. The first-order chi connectivity index (χ1) is 12.5. The lowest BCUT2D eigenvalue weighted by atomic mass is 9.96. The molecule has 2 aromatic carbocycles. The van der Waals surface area contributed by atoms with Crippen LogP contribution in [0.3, 0.4) is 0 Å². The van der Waals surface area contributed by atoms with Gasteiger partial charge in [0.1, 0.15) is 5.75 Å². The average molecular weight is 350 g/mol. The molecule has 0 saturated carbocycles. The lowest BCUT2D eigenvalue weighted by molar-refractivity contribution is -0.111. The van der Waals surface area contributed by atoms with Gasteiger partial charge in [0.25, 0.3) is 5.91 Å². The molecule has 0 aliphatic carbocycles. The fraction of sp³-hybridized carbons (Fsp3) is 0.238. The van der Waals surface area contributed by atoms with Crippen LogP contribution in [-0.4, -0.2) is 30.4 Å². The molecule has 1 aliphatic heterocycles. The Hall–Kier alpha value is -3.08. The second-order valence-corrected chi connectivity index (χ2v) is 6.33. The second-order valence-electron chi connectivity index (χ2n) is 6.33. The smallest absolute Gasteiger partial charge is 0.254 e. The third-order valence-electron chi connectivity index (χ3n) is 4.61. The minimum Gasteiger partial charge on any atom is -0.493 e. The van der Waals surface area contributed by atoms with E-state index in [9.17, 15) is 9.59 Å². The highest BCUT2D eigenvalue weighted by atomic mass is 16.5. The number of anilines is 1. The van der Waals surface area contributed by atoms with Crippen LogP contribution in [0, 0.1) is 6.92 Å². The molecule has 1 heterocycles. The number of carbonyl (C=O) groups is 2. The van der Waals surface area contributed by atoms with Gasteiger partial charge in [-0.3, -0.25) is 9.59 Å². The van der Waals surface area contributed by atoms with Crippen LogP contribution in [0.4, 0.5) is 5.69 Å². The second kappa shape index (κ2) is 7.44. The molecule has 0 aromatic heterocycles. The number of rotatable bonds is 4. The summed E-state index contributed by atoms with van der Waals surface area (Å²) in [4.78, 5) is 26.0. The van der Waals surface area contributed by atoms with Gasteiger partial charge in [-0.15, -0.1) is 0 Å². The van der Waals surface area contributed by atoms with E-state index < -0.39 is 0 Å². The molecule has 2 amide bonds. The molecule has 3 rings (SSSR count). The first kappa shape index (κ1) is 17.7. The Labute approximate surface area is 153 Å². The van der Waals surface area contributed by atoms with E-state index in [0.29, 0.717) is 17.9 Å². The lowest BCUT2D eigenvalue weighted by Crippen LogP contribution is -2.34. The van der Waals surface area contributed by atoms with Gasteiger partial charge in [0, 0.05) is 30.3 Å². The number of aryl methyl sites for hydroxylation is 1. The largest absolute Gasteiger partial charge is 0.493 e. The monoisotopic (exact) mass is 350 g/mol. The molecule has 1 aliphatic rings. The molecule has 2 aromatic rings. The van der Waals surface area contributed by atoms with E-state index in [1.807, 2.05) is 32.2 Å². The Morgan fingerprint density at radius 1 is 1.23 bits per heavy atom. The van der Waals surface area contributed by atoms with Crippen LogP contribution in [0.15, 0.2) is 55.1 Å². The number of nitrogens with zero attached hydrogens (tertiary/aromatic N) is 1. The predicted molar refractivity (Wildman–Crippen MR) is 101 cm³/mol. The number of hydrogen-bond donors (Lipinski definition) is 1.